The first-order valence-electron chi connectivity index (χ1n) is 7.11. The number of aromatic hydroxyl groups is 1. The zero-order chi connectivity index (χ0) is 16.1. The number of phenols is 1. The van der Waals surface area contributed by atoms with Gasteiger partial charge in [0.1, 0.15) is 12.3 Å². The molecule has 1 aromatic heterocycles. The van der Waals surface area contributed by atoms with Crippen LogP contribution in [-0.2, 0) is 6.54 Å². The monoisotopic (exact) mass is 302 g/mol. The van der Waals surface area contributed by atoms with E-state index in [0.29, 0.717) is 17.2 Å². The van der Waals surface area contributed by atoms with Crippen LogP contribution < -0.4 is 0 Å². The van der Waals surface area contributed by atoms with Gasteiger partial charge in [-0.25, -0.2) is 9.67 Å². The molecular weight excluding hydrogens is 288 g/mol. The van der Waals surface area contributed by atoms with Crippen LogP contribution in [0.3, 0.4) is 0 Å². The summed E-state index contributed by atoms with van der Waals surface area (Å²) in [6.45, 7) is 0.0653. The summed E-state index contributed by atoms with van der Waals surface area (Å²) in [4.78, 5) is 4.43. The highest BCUT2D eigenvalue weighted by molar-refractivity contribution is 5.69. The zero-order valence-electron chi connectivity index (χ0n) is 12.3. The minimum absolute atomic E-state index is 0.0653. The van der Waals surface area contributed by atoms with Crippen molar-refractivity contribution in [3.63, 3.8) is 0 Å². The van der Waals surface area contributed by atoms with Gasteiger partial charge in [-0.15, -0.1) is 0 Å². The Bertz CT molecular complexity index is 876. The third-order valence-corrected chi connectivity index (χ3v) is 3.28. The fraction of sp³-hybridized carbons (Fsp3) is 0.0556. The highest BCUT2D eigenvalue weighted by atomic mass is 16.3. The van der Waals surface area contributed by atoms with E-state index in [9.17, 15) is 5.11 Å². The number of hydrogen-bond acceptors (Lipinski definition) is 4. The van der Waals surface area contributed by atoms with Crippen LogP contribution in [0.15, 0.2) is 54.6 Å². The second-order valence-electron chi connectivity index (χ2n) is 4.87. The van der Waals surface area contributed by atoms with E-state index in [0.717, 1.165) is 5.56 Å². The van der Waals surface area contributed by atoms with E-state index in [4.69, 9.17) is 5.26 Å². The van der Waals surface area contributed by atoms with Gasteiger partial charge in [-0.05, 0) is 23.8 Å². The Hall–Kier alpha value is -3.39. The average Bonchev–Trinajstić information content (AvgIpc) is 2.97. The topological polar surface area (TPSA) is 74.7 Å². The van der Waals surface area contributed by atoms with Gasteiger partial charge in [-0.2, -0.15) is 10.4 Å². The quantitative estimate of drug-likeness (QED) is 0.802. The van der Waals surface area contributed by atoms with Crippen molar-refractivity contribution in [3.8, 4) is 23.2 Å². The Morgan fingerprint density at radius 3 is 2.52 bits per heavy atom. The molecule has 0 unspecified atom stereocenters. The van der Waals surface area contributed by atoms with Crippen LogP contribution in [0.1, 0.15) is 11.4 Å². The summed E-state index contributed by atoms with van der Waals surface area (Å²) in [5.41, 5.74) is 1.59. The van der Waals surface area contributed by atoms with E-state index < -0.39 is 0 Å². The minimum atomic E-state index is 0.0653. The lowest BCUT2D eigenvalue weighted by atomic mass is 10.2. The maximum absolute atomic E-state index is 9.99. The van der Waals surface area contributed by atoms with Crippen molar-refractivity contribution in [2.75, 3.05) is 0 Å². The molecule has 3 aromatic rings. The van der Waals surface area contributed by atoms with Gasteiger partial charge in [-0.1, -0.05) is 48.5 Å². The van der Waals surface area contributed by atoms with Crippen LogP contribution in [0.2, 0.25) is 0 Å². The second-order valence-corrected chi connectivity index (χ2v) is 4.87. The molecule has 0 aliphatic carbocycles. The molecule has 0 atom stereocenters. The van der Waals surface area contributed by atoms with Gasteiger partial charge < -0.3 is 5.11 Å². The summed E-state index contributed by atoms with van der Waals surface area (Å²) >= 11 is 0. The SMILES string of the molecule is N#CCn1nc(/C=C/c2ccccc2)nc1-c1ccccc1O. The Morgan fingerprint density at radius 2 is 1.78 bits per heavy atom. The zero-order valence-corrected chi connectivity index (χ0v) is 12.3. The molecule has 1 N–H and O–H groups in total. The molecule has 0 amide bonds. The van der Waals surface area contributed by atoms with Gasteiger partial charge in [0.05, 0.1) is 11.6 Å². The van der Waals surface area contributed by atoms with Gasteiger partial charge in [0.25, 0.3) is 0 Å². The molecule has 5 heteroatoms. The van der Waals surface area contributed by atoms with Gasteiger partial charge in [0, 0.05) is 0 Å². The fourth-order valence-electron chi connectivity index (χ4n) is 2.20. The molecule has 1 heterocycles. The Labute approximate surface area is 133 Å². The molecule has 2 aromatic carbocycles. The summed E-state index contributed by atoms with van der Waals surface area (Å²) in [5, 5.41) is 23.3. The molecule has 0 radical (unpaired) electrons. The smallest absolute Gasteiger partial charge is 0.174 e. The third kappa shape index (κ3) is 3.27. The summed E-state index contributed by atoms with van der Waals surface area (Å²) in [5.74, 6) is 1.07. The highest BCUT2D eigenvalue weighted by Gasteiger charge is 2.13. The predicted octanol–water partition coefficient (Wildman–Crippen LogP) is 3.34. The largest absolute Gasteiger partial charge is 0.507 e. The van der Waals surface area contributed by atoms with E-state index in [1.165, 1.54) is 4.68 Å². The van der Waals surface area contributed by atoms with Crippen LogP contribution in [-0.4, -0.2) is 19.9 Å². The molecule has 3 rings (SSSR count). The van der Waals surface area contributed by atoms with E-state index in [1.54, 1.807) is 30.3 Å². The first kappa shape index (κ1) is 14.5. The number of nitrogens with zero attached hydrogens (tertiary/aromatic N) is 4. The number of aromatic nitrogens is 3. The molecule has 5 nitrogen and oxygen atoms in total. The summed E-state index contributed by atoms with van der Waals surface area (Å²) in [7, 11) is 0. The van der Waals surface area contributed by atoms with E-state index in [1.807, 2.05) is 36.4 Å². The van der Waals surface area contributed by atoms with Crippen LogP contribution in [0.25, 0.3) is 23.5 Å². The van der Waals surface area contributed by atoms with Crippen molar-refractivity contribution in [1.82, 2.24) is 14.8 Å². The average molecular weight is 302 g/mol. The normalized spacial score (nSPS) is 10.7. The van der Waals surface area contributed by atoms with Crippen LogP contribution in [0.5, 0.6) is 5.75 Å². The molecule has 0 aliphatic heterocycles. The summed E-state index contributed by atoms with van der Waals surface area (Å²) in [6, 6.07) is 18.7. The van der Waals surface area contributed by atoms with Crippen molar-refractivity contribution in [2.24, 2.45) is 0 Å². The lowest BCUT2D eigenvalue weighted by molar-refractivity contribution is 0.476. The number of hydrogen-bond donors (Lipinski definition) is 1. The van der Waals surface area contributed by atoms with Crippen molar-refractivity contribution < 1.29 is 5.11 Å². The van der Waals surface area contributed by atoms with E-state index in [2.05, 4.69) is 16.2 Å². The first-order valence-corrected chi connectivity index (χ1v) is 7.11. The van der Waals surface area contributed by atoms with Gasteiger partial charge in [0.2, 0.25) is 0 Å². The Kier molecular flexibility index (Phi) is 4.16. The summed E-state index contributed by atoms with van der Waals surface area (Å²) in [6.07, 6.45) is 3.69. The molecule has 0 spiro atoms. The molecule has 0 fully saturated rings. The number of nitriles is 1. The molecule has 0 bridgehead atoms. The van der Waals surface area contributed by atoms with Gasteiger partial charge in [0.15, 0.2) is 11.6 Å². The number of para-hydroxylation sites is 1. The summed E-state index contributed by atoms with van der Waals surface area (Å²) < 4.78 is 1.49. The van der Waals surface area contributed by atoms with Crippen LogP contribution >= 0.6 is 0 Å². The third-order valence-electron chi connectivity index (χ3n) is 3.28. The number of rotatable bonds is 4. The van der Waals surface area contributed by atoms with Gasteiger partial charge >= 0.3 is 0 Å². The molecule has 112 valence electrons. The van der Waals surface area contributed by atoms with Crippen molar-refractivity contribution in [3.05, 3.63) is 66.0 Å². The fourth-order valence-corrected chi connectivity index (χ4v) is 2.20. The van der Waals surface area contributed by atoms with E-state index in [-0.39, 0.29) is 12.3 Å². The first-order chi connectivity index (χ1) is 11.3. The highest BCUT2D eigenvalue weighted by Crippen LogP contribution is 2.27. The molecule has 0 saturated carbocycles. The number of benzene rings is 2. The molecular formula is C18H14N4O. The number of phenolic OH excluding ortho intramolecular Hbond substituents is 1. The van der Waals surface area contributed by atoms with E-state index >= 15 is 0 Å². The van der Waals surface area contributed by atoms with Crippen LogP contribution in [0.4, 0.5) is 0 Å². The lowest BCUT2D eigenvalue weighted by Crippen LogP contribution is -2.01. The predicted molar refractivity (Wildman–Crippen MR) is 88.1 cm³/mol. The Balaban J connectivity index is 1.98. The maximum Gasteiger partial charge on any atom is 0.174 e. The van der Waals surface area contributed by atoms with Crippen molar-refractivity contribution >= 4 is 12.2 Å². The molecule has 23 heavy (non-hydrogen) atoms. The van der Waals surface area contributed by atoms with Gasteiger partial charge in [-0.3, -0.25) is 0 Å². The lowest BCUT2D eigenvalue weighted by Gasteiger charge is -2.03. The van der Waals surface area contributed by atoms with Crippen LogP contribution in [0, 0.1) is 11.3 Å². The van der Waals surface area contributed by atoms with Crippen molar-refractivity contribution in [2.45, 2.75) is 6.54 Å². The Morgan fingerprint density at radius 1 is 1.04 bits per heavy atom. The maximum atomic E-state index is 9.99. The minimum Gasteiger partial charge on any atom is -0.507 e. The molecule has 0 aliphatic rings. The second kappa shape index (κ2) is 6.58. The molecule has 0 saturated heterocycles. The van der Waals surface area contributed by atoms with Crippen molar-refractivity contribution in [1.29, 1.82) is 5.26 Å². The standard InChI is InChI=1S/C18H14N4O/c19-12-13-22-18(15-8-4-5-9-16(15)23)20-17(21-22)11-10-14-6-2-1-3-7-14/h1-11,23H,13H2/b11-10+.